The molecular formula is C49H66N8O4. The minimum atomic E-state index is -0.216. The summed E-state index contributed by atoms with van der Waals surface area (Å²) in [5, 5.41) is 10.4. The number of unbranched alkanes of at least 4 members (excludes halogenated alkanes) is 5. The van der Waals surface area contributed by atoms with E-state index in [-0.39, 0.29) is 22.8 Å². The fraction of sp³-hybridized carbons (Fsp3) is 0.571. The molecule has 2 aromatic carbocycles. The number of hydrogen-bond donors (Lipinski definition) is 3. The molecule has 12 nitrogen and oxygen atoms in total. The third-order valence-electron chi connectivity index (χ3n) is 13.8. The Morgan fingerprint density at radius 2 is 1.62 bits per heavy atom. The average molecular weight is 831 g/mol. The molecule has 4 fully saturated rings. The molecular weight excluding hydrogens is 765 g/mol. The standard InChI is InChI=1S/C49H66N8O4/c1-33-24-35-27-36(25-33)31-49(3,30-35)47(60)50-18-9-7-5-6-8-10-19-55-20-22-56(23-21-55)39-16-17-42(43(29-39)61-4)53-48-51-32-41-34(2)26-44(58)57(45(41)54-48)40-13-11-12-38(28-40)52-46(59)37-14-15-37/h11-13,16-17,26,28-29,32-33,35-37H,5-10,14-15,18-25,27,30-31H2,1-4H3,(H,50,60)(H,52,59)(H,51,53,54). The van der Waals surface area contributed by atoms with Crippen LogP contribution in [0.2, 0.25) is 0 Å². The quantitative estimate of drug-likeness (QED) is 0.0895. The fourth-order valence-corrected chi connectivity index (χ4v) is 10.6. The topological polar surface area (TPSA) is 134 Å². The lowest BCUT2D eigenvalue weighted by Crippen LogP contribution is -2.46. The van der Waals surface area contributed by atoms with E-state index in [0.717, 1.165) is 111 Å². The lowest BCUT2D eigenvalue weighted by Gasteiger charge is -2.46. The highest BCUT2D eigenvalue weighted by molar-refractivity contribution is 5.94. The summed E-state index contributed by atoms with van der Waals surface area (Å²) in [5.41, 5.74) is 3.98. The Balaban J connectivity index is 0.779. The van der Waals surface area contributed by atoms with Gasteiger partial charge in [-0.3, -0.25) is 23.9 Å². The van der Waals surface area contributed by atoms with Gasteiger partial charge in [-0.15, -0.1) is 0 Å². The summed E-state index contributed by atoms with van der Waals surface area (Å²) in [6.45, 7) is 12.4. The molecule has 1 aliphatic heterocycles. The molecule has 4 aromatic rings. The number of ether oxygens (including phenoxy) is 1. The van der Waals surface area contributed by atoms with Crippen molar-refractivity contribution in [2.75, 3.05) is 61.9 Å². The van der Waals surface area contributed by atoms with E-state index in [0.29, 0.717) is 34.6 Å². The number of aryl methyl sites for hydroxylation is 1. The molecule has 3 saturated carbocycles. The van der Waals surface area contributed by atoms with Gasteiger partial charge < -0.3 is 25.6 Å². The van der Waals surface area contributed by atoms with Crippen molar-refractivity contribution in [3.8, 4) is 11.4 Å². The highest BCUT2D eigenvalue weighted by Gasteiger charge is 2.45. The van der Waals surface area contributed by atoms with Crippen molar-refractivity contribution in [3.63, 3.8) is 0 Å². The first-order chi connectivity index (χ1) is 29.5. The number of hydrogen-bond acceptors (Lipinski definition) is 9. The molecule has 4 aliphatic rings. The highest BCUT2D eigenvalue weighted by Crippen LogP contribution is 2.50. The minimum Gasteiger partial charge on any atom is -0.494 e. The average Bonchev–Trinajstić information content (AvgIpc) is 4.09. The summed E-state index contributed by atoms with van der Waals surface area (Å²) in [7, 11) is 1.67. The lowest BCUT2D eigenvalue weighted by atomic mass is 9.59. The number of fused-ring (bicyclic) bond motifs is 3. The zero-order valence-electron chi connectivity index (χ0n) is 36.8. The molecule has 0 radical (unpaired) electrons. The van der Waals surface area contributed by atoms with E-state index in [1.807, 2.05) is 37.3 Å². The number of anilines is 4. The van der Waals surface area contributed by atoms with Gasteiger partial charge >= 0.3 is 0 Å². The van der Waals surface area contributed by atoms with Crippen molar-refractivity contribution in [1.82, 2.24) is 24.8 Å². The van der Waals surface area contributed by atoms with Crippen LogP contribution >= 0.6 is 0 Å². The van der Waals surface area contributed by atoms with Gasteiger partial charge in [-0.1, -0.05) is 45.6 Å². The van der Waals surface area contributed by atoms with Crippen LogP contribution in [0.1, 0.15) is 103 Å². The largest absolute Gasteiger partial charge is 0.494 e. The molecule has 2 amide bonds. The van der Waals surface area contributed by atoms with Gasteiger partial charge in [0, 0.05) is 79.1 Å². The smallest absolute Gasteiger partial charge is 0.257 e. The van der Waals surface area contributed by atoms with E-state index in [9.17, 15) is 14.4 Å². The summed E-state index contributed by atoms with van der Waals surface area (Å²) in [6, 6.07) is 15.1. The van der Waals surface area contributed by atoms with Crippen LogP contribution in [0.5, 0.6) is 5.75 Å². The van der Waals surface area contributed by atoms with Gasteiger partial charge in [-0.2, -0.15) is 4.98 Å². The Labute approximate surface area is 361 Å². The molecule has 2 bridgehead atoms. The molecule has 0 spiro atoms. The number of benzene rings is 2. The Morgan fingerprint density at radius 1 is 0.885 bits per heavy atom. The van der Waals surface area contributed by atoms with Crippen molar-refractivity contribution in [3.05, 3.63) is 70.6 Å². The monoisotopic (exact) mass is 831 g/mol. The van der Waals surface area contributed by atoms with E-state index >= 15 is 0 Å². The predicted molar refractivity (Wildman–Crippen MR) is 244 cm³/mol. The third kappa shape index (κ3) is 10.4. The first kappa shape index (κ1) is 42.7. The number of nitrogens with one attached hydrogen (secondary N) is 3. The van der Waals surface area contributed by atoms with E-state index < -0.39 is 0 Å². The van der Waals surface area contributed by atoms with Crippen LogP contribution in [-0.2, 0) is 9.59 Å². The Bertz CT molecular complexity index is 2230. The van der Waals surface area contributed by atoms with Gasteiger partial charge in [0.25, 0.3) is 5.56 Å². The molecule has 3 aliphatic carbocycles. The van der Waals surface area contributed by atoms with E-state index in [1.165, 1.54) is 51.4 Å². The summed E-state index contributed by atoms with van der Waals surface area (Å²) < 4.78 is 7.42. The van der Waals surface area contributed by atoms with Crippen molar-refractivity contribution in [2.45, 2.75) is 104 Å². The van der Waals surface area contributed by atoms with Crippen molar-refractivity contribution >= 4 is 45.9 Å². The van der Waals surface area contributed by atoms with Crippen molar-refractivity contribution < 1.29 is 14.3 Å². The van der Waals surface area contributed by atoms with Crippen LogP contribution in [0, 0.1) is 36.0 Å². The molecule has 2 aromatic heterocycles. The third-order valence-corrected chi connectivity index (χ3v) is 13.8. The fourth-order valence-electron chi connectivity index (χ4n) is 10.6. The molecule has 3 N–H and O–H groups in total. The van der Waals surface area contributed by atoms with Gasteiger partial charge in [-0.25, -0.2) is 4.98 Å². The molecule has 8 rings (SSSR count). The maximum absolute atomic E-state index is 13.4. The number of methoxy groups -OCH3 is 1. The van der Waals surface area contributed by atoms with E-state index in [2.05, 4.69) is 56.7 Å². The molecule has 326 valence electrons. The lowest BCUT2D eigenvalue weighted by molar-refractivity contribution is -0.135. The first-order valence-corrected chi connectivity index (χ1v) is 23.1. The predicted octanol–water partition coefficient (Wildman–Crippen LogP) is 8.62. The molecule has 2 unspecified atom stereocenters. The van der Waals surface area contributed by atoms with E-state index in [1.54, 1.807) is 23.9 Å². The first-order valence-electron chi connectivity index (χ1n) is 23.1. The number of aromatic nitrogens is 3. The number of pyridine rings is 1. The molecule has 3 heterocycles. The van der Waals surface area contributed by atoms with Crippen molar-refractivity contribution in [2.24, 2.45) is 29.1 Å². The van der Waals surface area contributed by atoms with Gasteiger partial charge in [0.2, 0.25) is 17.8 Å². The normalized spacial score (nSPS) is 22.8. The molecule has 2 atom stereocenters. The Morgan fingerprint density at radius 3 is 2.36 bits per heavy atom. The van der Waals surface area contributed by atoms with Gasteiger partial charge in [-0.05, 0) is 125 Å². The highest BCUT2D eigenvalue weighted by atomic mass is 16.5. The van der Waals surface area contributed by atoms with Crippen LogP contribution in [0.15, 0.2) is 59.5 Å². The number of piperazine rings is 1. The summed E-state index contributed by atoms with van der Waals surface area (Å²) in [6.07, 6.45) is 16.9. The number of amides is 2. The zero-order valence-corrected chi connectivity index (χ0v) is 36.8. The summed E-state index contributed by atoms with van der Waals surface area (Å²) in [4.78, 5) is 53.5. The van der Waals surface area contributed by atoms with Gasteiger partial charge in [0.1, 0.15) is 5.75 Å². The number of nitrogens with zero attached hydrogens (tertiary/aromatic N) is 5. The Hall–Kier alpha value is -4.97. The summed E-state index contributed by atoms with van der Waals surface area (Å²) in [5.74, 6) is 3.73. The SMILES string of the molecule is COc1cc(N2CCN(CCCCCCCCNC(=O)C3(C)CC4CC(C)CC(C4)C3)CC2)ccc1Nc1ncc2c(C)cc(=O)n(-c3cccc(NC(=O)C4CC4)c3)c2n1. The molecule has 1 saturated heterocycles. The summed E-state index contributed by atoms with van der Waals surface area (Å²) >= 11 is 0. The maximum Gasteiger partial charge on any atom is 0.257 e. The molecule has 61 heavy (non-hydrogen) atoms. The Kier molecular flexibility index (Phi) is 13.3. The van der Waals surface area contributed by atoms with Crippen LogP contribution in [0.4, 0.5) is 23.0 Å². The molecule has 12 heteroatoms. The second-order valence-corrected chi connectivity index (χ2v) is 19.0. The second kappa shape index (κ2) is 19.0. The van der Waals surface area contributed by atoms with E-state index in [4.69, 9.17) is 9.72 Å². The zero-order chi connectivity index (χ0) is 42.5. The minimum absolute atomic E-state index is 0.0114. The van der Waals surface area contributed by atoms with Crippen LogP contribution in [0.3, 0.4) is 0 Å². The van der Waals surface area contributed by atoms with Gasteiger partial charge in [0.15, 0.2) is 5.65 Å². The van der Waals surface area contributed by atoms with Crippen LogP contribution in [0.25, 0.3) is 16.7 Å². The van der Waals surface area contributed by atoms with Gasteiger partial charge in [0.05, 0.1) is 18.5 Å². The second-order valence-electron chi connectivity index (χ2n) is 19.0. The number of rotatable bonds is 17. The van der Waals surface area contributed by atoms with Crippen molar-refractivity contribution in [1.29, 1.82) is 0 Å². The maximum atomic E-state index is 13.4. The number of carbonyl (C=O) groups excluding carboxylic acids is 2. The number of carbonyl (C=O) groups is 2. The van der Waals surface area contributed by atoms with Crippen LogP contribution < -0.4 is 31.1 Å². The van der Waals surface area contributed by atoms with Crippen LogP contribution in [-0.4, -0.2) is 77.6 Å².